The van der Waals surface area contributed by atoms with Gasteiger partial charge in [0.15, 0.2) is 0 Å². The molecular formula is C15H14B2F5NO9S2. The first-order valence-electron chi connectivity index (χ1n) is 8.63. The summed E-state index contributed by atoms with van der Waals surface area (Å²) in [5, 5.41) is 47.5. The summed E-state index contributed by atoms with van der Waals surface area (Å²) in [6.07, 6.45) is 0. The van der Waals surface area contributed by atoms with Crippen LogP contribution >= 0.6 is 10.2 Å². The van der Waals surface area contributed by atoms with Crippen LogP contribution in [0.4, 0.5) is 19.4 Å². The second-order valence-electron chi connectivity index (χ2n) is 6.82. The van der Waals surface area contributed by atoms with Gasteiger partial charge in [-0.15, -0.1) is 0 Å². The number of hydrogen-bond donors (Lipinski definition) is 6. The lowest BCUT2D eigenvalue weighted by molar-refractivity contribution is -0.135. The van der Waals surface area contributed by atoms with Crippen molar-refractivity contribution >= 4 is 57.1 Å². The first-order chi connectivity index (χ1) is 15.1. The highest BCUT2D eigenvalue weighted by Crippen LogP contribution is 3.02. The molecule has 0 bridgehead atoms. The molecule has 10 nitrogen and oxygen atoms in total. The summed E-state index contributed by atoms with van der Waals surface area (Å²) < 4.78 is 92.6. The molecule has 0 radical (unpaired) electrons. The van der Waals surface area contributed by atoms with Crippen LogP contribution in [0.25, 0.3) is 0 Å². The van der Waals surface area contributed by atoms with E-state index in [0.29, 0.717) is 12.1 Å². The van der Waals surface area contributed by atoms with Crippen molar-refractivity contribution in [2.45, 2.75) is 14.7 Å². The highest BCUT2D eigenvalue weighted by Gasteiger charge is 2.65. The van der Waals surface area contributed by atoms with Gasteiger partial charge in [0.05, 0.1) is 9.79 Å². The van der Waals surface area contributed by atoms with Crippen LogP contribution in [0.1, 0.15) is 10.4 Å². The van der Waals surface area contributed by atoms with Crippen molar-refractivity contribution in [3.63, 3.8) is 0 Å². The van der Waals surface area contributed by atoms with Gasteiger partial charge in [-0.1, -0.05) is 19.4 Å². The van der Waals surface area contributed by atoms with Crippen molar-refractivity contribution in [1.82, 2.24) is 5.32 Å². The lowest BCUT2D eigenvalue weighted by atomic mass is 9.79. The number of aliphatic carboxylic acids is 1. The van der Waals surface area contributed by atoms with E-state index in [1.54, 1.807) is 0 Å². The van der Waals surface area contributed by atoms with E-state index in [1.807, 2.05) is 5.32 Å². The Kier molecular flexibility index (Phi) is 6.65. The molecule has 0 aliphatic heterocycles. The van der Waals surface area contributed by atoms with Crippen LogP contribution < -0.4 is 16.2 Å². The number of benzene rings is 2. The molecule has 6 N–H and O–H groups in total. The summed E-state index contributed by atoms with van der Waals surface area (Å²) in [5.74, 6) is -2.73. The Hall–Kier alpha value is -2.70. The molecular weight excluding hydrogens is 519 g/mol. The van der Waals surface area contributed by atoms with Crippen LogP contribution in [0.3, 0.4) is 0 Å². The minimum Gasteiger partial charge on any atom is -0.480 e. The van der Waals surface area contributed by atoms with Gasteiger partial charge in [0.2, 0.25) is 9.84 Å². The number of halogens is 5. The summed E-state index contributed by atoms with van der Waals surface area (Å²) in [7, 11) is -20.9. The largest absolute Gasteiger partial charge is 0.488 e. The van der Waals surface area contributed by atoms with Gasteiger partial charge in [-0.2, -0.15) is 0 Å². The number of rotatable bonds is 8. The van der Waals surface area contributed by atoms with Crippen LogP contribution in [0.5, 0.6) is 0 Å². The predicted molar refractivity (Wildman–Crippen MR) is 109 cm³/mol. The molecule has 0 saturated heterocycles. The van der Waals surface area contributed by atoms with Gasteiger partial charge in [0.25, 0.3) is 5.91 Å². The van der Waals surface area contributed by atoms with E-state index in [1.165, 1.54) is 0 Å². The van der Waals surface area contributed by atoms with Crippen molar-refractivity contribution in [2.75, 3.05) is 6.54 Å². The summed E-state index contributed by atoms with van der Waals surface area (Å²) >= 11 is 0. The molecule has 0 atom stereocenters. The Labute approximate surface area is 188 Å². The lowest BCUT2D eigenvalue weighted by Crippen LogP contribution is -2.34. The number of carbonyl (C=O) groups is 2. The average Bonchev–Trinajstić information content (AvgIpc) is 2.69. The van der Waals surface area contributed by atoms with Crippen molar-refractivity contribution in [1.29, 1.82) is 0 Å². The molecule has 2 aromatic rings. The minimum atomic E-state index is -10.5. The molecule has 186 valence electrons. The highest BCUT2D eigenvalue weighted by molar-refractivity contribution is 8.45. The number of carbonyl (C=O) groups excluding carboxylic acids is 1. The Morgan fingerprint density at radius 1 is 0.824 bits per heavy atom. The number of sulfone groups is 1. The zero-order chi connectivity index (χ0) is 26.3. The number of amides is 1. The molecule has 0 aliphatic rings. The maximum Gasteiger partial charge on any atom is 0.488 e. The predicted octanol–water partition coefficient (Wildman–Crippen LogP) is -0.649. The lowest BCUT2D eigenvalue weighted by Gasteiger charge is -2.40. The number of nitrogens with one attached hydrogen (secondary N) is 1. The summed E-state index contributed by atoms with van der Waals surface area (Å²) in [6, 6.07) is 1.22. The maximum atomic E-state index is 13.3. The second kappa shape index (κ2) is 8.21. The zero-order valence-corrected chi connectivity index (χ0v) is 18.0. The molecule has 0 aromatic heterocycles. The van der Waals surface area contributed by atoms with Gasteiger partial charge in [-0.05, 0) is 47.3 Å². The number of carboxylic acid groups (broad SMARTS) is 1. The third-order valence-electron chi connectivity index (χ3n) is 4.16. The van der Waals surface area contributed by atoms with Crippen molar-refractivity contribution in [2.24, 2.45) is 0 Å². The maximum absolute atomic E-state index is 13.3. The smallest absolute Gasteiger partial charge is 0.480 e. The molecule has 2 rings (SSSR count). The van der Waals surface area contributed by atoms with E-state index < -0.39 is 90.0 Å². The van der Waals surface area contributed by atoms with Gasteiger partial charge in [0, 0.05) is 5.56 Å². The van der Waals surface area contributed by atoms with Crippen LogP contribution in [-0.4, -0.2) is 66.3 Å². The van der Waals surface area contributed by atoms with E-state index in [2.05, 4.69) is 0 Å². The van der Waals surface area contributed by atoms with E-state index >= 15 is 0 Å². The van der Waals surface area contributed by atoms with Crippen LogP contribution in [0.15, 0.2) is 51.1 Å². The van der Waals surface area contributed by atoms with Gasteiger partial charge < -0.3 is 30.5 Å². The first-order valence-corrected chi connectivity index (χ1v) is 12.1. The van der Waals surface area contributed by atoms with Crippen molar-refractivity contribution in [3.8, 4) is 0 Å². The Balaban J connectivity index is 2.78. The fourth-order valence-electron chi connectivity index (χ4n) is 2.57. The standard InChI is InChI=1S/C15H14B2F5NO9S2/c18-34(19,20,21,22)13-5-10(17(29)30)4-12(6-13)33(31,32)11-2-8(1-9(3-11)16(27)28)15(26)23-7-14(24)25/h1-6,27-30H,7H2,(H,23,26)(H,24,25). The van der Waals surface area contributed by atoms with Crippen LogP contribution in [0.2, 0.25) is 0 Å². The first kappa shape index (κ1) is 27.5. The minimum absolute atomic E-state index is 0.263. The molecule has 0 spiro atoms. The summed E-state index contributed by atoms with van der Waals surface area (Å²) in [6.45, 7) is -0.934. The van der Waals surface area contributed by atoms with E-state index in [-0.39, 0.29) is 12.1 Å². The zero-order valence-electron chi connectivity index (χ0n) is 16.4. The molecule has 19 heteroatoms. The van der Waals surface area contributed by atoms with E-state index in [0.717, 1.165) is 6.07 Å². The van der Waals surface area contributed by atoms with Crippen molar-refractivity contribution in [3.05, 3.63) is 42.0 Å². The van der Waals surface area contributed by atoms with Crippen molar-refractivity contribution < 1.29 is 62.6 Å². The molecule has 0 aliphatic carbocycles. The third kappa shape index (κ3) is 6.45. The third-order valence-corrected chi connectivity index (χ3v) is 7.00. The van der Waals surface area contributed by atoms with Gasteiger partial charge in [-0.3, -0.25) is 9.59 Å². The molecule has 34 heavy (non-hydrogen) atoms. The summed E-state index contributed by atoms with van der Waals surface area (Å²) in [5.41, 5.74) is -2.59. The fraction of sp³-hybridized carbons (Fsp3) is 0.0667. The van der Waals surface area contributed by atoms with E-state index in [4.69, 9.17) is 5.11 Å². The monoisotopic (exact) mass is 533 g/mol. The highest BCUT2D eigenvalue weighted by atomic mass is 32.5. The van der Waals surface area contributed by atoms with E-state index in [9.17, 15) is 57.5 Å². The topological polar surface area (TPSA) is 181 Å². The second-order valence-corrected chi connectivity index (χ2v) is 11.2. The molecule has 0 saturated carbocycles. The molecule has 1 amide bonds. The quantitative estimate of drug-likeness (QED) is 0.190. The van der Waals surface area contributed by atoms with Gasteiger partial charge >= 0.3 is 30.4 Å². The SMILES string of the molecule is O=C(O)CNC(=O)c1cc(B(O)O)cc(S(=O)(=O)c2cc(B(O)O)cc(S(F)(F)(F)(F)F)c2)c1. The Morgan fingerprint density at radius 3 is 1.74 bits per heavy atom. The van der Waals surface area contributed by atoms with Crippen LogP contribution in [0, 0.1) is 0 Å². The van der Waals surface area contributed by atoms with Crippen LogP contribution in [-0.2, 0) is 14.6 Å². The number of carboxylic acids is 1. The molecule has 0 unspecified atom stereocenters. The Morgan fingerprint density at radius 2 is 1.29 bits per heavy atom. The van der Waals surface area contributed by atoms with Gasteiger partial charge in [0.1, 0.15) is 11.4 Å². The normalized spacial score (nSPS) is 14.0. The van der Waals surface area contributed by atoms with Gasteiger partial charge in [-0.25, -0.2) is 8.42 Å². The average molecular weight is 533 g/mol. The molecule has 2 aromatic carbocycles. The Bertz CT molecular complexity index is 1270. The molecule has 0 fully saturated rings. The molecule has 0 heterocycles. The summed E-state index contributed by atoms with van der Waals surface area (Å²) in [4.78, 5) is 17.4. The number of hydrogen-bond acceptors (Lipinski definition) is 8. The fourth-order valence-corrected chi connectivity index (χ4v) is 4.77.